The molecule has 216 valence electrons. The highest BCUT2D eigenvalue weighted by Crippen LogP contribution is 2.33. The zero-order valence-corrected chi connectivity index (χ0v) is 25.2. The molecule has 0 aliphatic heterocycles. The fourth-order valence-electron chi connectivity index (χ4n) is 4.96. The SMILES string of the molecule is Cc1nnsc1-c1nc2ccccc2n1-c1ccc(O)cc1.Cc1nnsc1-c1nc2ccccc2n1-c1ccc(O)cc1. The first kappa shape index (κ1) is 27.4. The maximum absolute atomic E-state index is 9.52. The van der Waals surface area contributed by atoms with Gasteiger partial charge in [-0.3, -0.25) is 9.13 Å². The fraction of sp³-hybridized carbons (Fsp3) is 0.0625. The van der Waals surface area contributed by atoms with Gasteiger partial charge in [0.1, 0.15) is 21.3 Å². The summed E-state index contributed by atoms with van der Waals surface area (Å²) in [5.41, 5.74) is 7.45. The fourth-order valence-corrected chi connectivity index (χ4v) is 6.23. The lowest BCUT2D eigenvalue weighted by Crippen LogP contribution is -1.97. The number of rotatable bonds is 4. The highest BCUT2D eigenvalue weighted by atomic mass is 32.1. The average molecular weight is 617 g/mol. The van der Waals surface area contributed by atoms with Gasteiger partial charge in [-0.05, 0) is 110 Å². The molecule has 0 amide bonds. The third-order valence-corrected chi connectivity index (χ3v) is 8.69. The van der Waals surface area contributed by atoms with Crippen molar-refractivity contribution >= 4 is 45.1 Å². The Bertz CT molecular complexity index is 2070. The summed E-state index contributed by atoms with van der Waals surface area (Å²) in [6.07, 6.45) is 0. The van der Waals surface area contributed by atoms with E-state index in [0.29, 0.717) is 0 Å². The number of aryl methyl sites for hydroxylation is 2. The molecular formula is C32H24N8O2S2. The molecule has 0 unspecified atom stereocenters. The molecule has 12 heteroatoms. The molecule has 4 aromatic carbocycles. The molecule has 8 rings (SSSR count). The smallest absolute Gasteiger partial charge is 0.159 e. The number of imidazole rings is 2. The van der Waals surface area contributed by atoms with Gasteiger partial charge in [0.2, 0.25) is 0 Å². The third-order valence-electron chi connectivity index (χ3n) is 7.05. The van der Waals surface area contributed by atoms with E-state index in [-0.39, 0.29) is 11.5 Å². The minimum Gasteiger partial charge on any atom is -0.508 e. The summed E-state index contributed by atoms with van der Waals surface area (Å²) in [5.74, 6) is 2.12. The van der Waals surface area contributed by atoms with Crippen molar-refractivity contribution in [3.63, 3.8) is 0 Å². The average Bonchev–Trinajstić information content (AvgIpc) is 3.83. The normalized spacial score (nSPS) is 11.1. The molecule has 0 atom stereocenters. The van der Waals surface area contributed by atoms with E-state index in [1.165, 1.54) is 23.1 Å². The van der Waals surface area contributed by atoms with Crippen molar-refractivity contribution in [3.8, 4) is 44.3 Å². The number of phenols is 2. The maximum Gasteiger partial charge on any atom is 0.159 e. The number of phenolic OH excluding ortho intramolecular Hbond substituents is 2. The number of aromatic hydroxyl groups is 2. The molecule has 4 aromatic heterocycles. The van der Waals surface area contributed by atoms with Crippen LogP contribution in [-0.2, 0) is 0 Å². The van der Waals surface area contributed by atoms with E-state index >= 15 is 0 Å². The molecule has 0 bridgehead atoms. The van der Waals surface area contributed by atoms with Crippen LogP contribution < -0.4 is 0 Å². The van der Waals surface area contributed by atoms with Crippen LogP contribution in [0.1, 0.15) is 11.4 Å². The van der Waals surface area contributed by atoms with Crippen LogP contribution >= 0.6 is 23.1 Å². The second-order valence-corrected chi connectivity index (χ2v) is 11.4. The molecule has 10 nitrogen and oxygen atoms in total. The highest BCUT2D eigenvalue weighted by Gasteiger charge is 2.19. The molecular weight excluding hydrogens is 593 g/mol. The van der Waals surface area contributed by atoms with Crippen LogP contribution in [0, 0.1) is 13.8 Å². The maximum atomic E-state index is 9.52. The second-order valence-electron chi connectivity index (χ2n) is 9.93. The van der Waals surface area contributed by atoms with Crippen LogP contribution in [0.5, 0.6) is 11.5 Å². The van der Waals surface area contributed by atoms with Gasteiger partial charge in [0, 0.05) is 11.4 Å². The molecule has 0 aliphatic carbocycles. The first-order chi connectivity index (χ1) is 21.5. The Kier molecular flexibility index (Phi) is 7.04. The van der Waals surface area contributed by atoms with Gasteiger partial charge >= 0.3 is 0 Å². The van der Waals surface area contributed by atoms with Gasteiger partial charge in [0.05, 0.1) is 33.5 Å². The van der Waals surface area contributed by atoms with Crippen molar-refractivity contribution in [2.24, 2.45) is 0 Å². The van der Waals surface area contributed by atoms with E-state index in [1.54, 1.807) is 24.3 Å². The number of nitrogens with zero attached hydrogens (tertiary/aromatic N) is 8. The molecule has 0 fully saturated rings. The molecule has 0 saturated carbocycles. The van der Waals surface area contributed by atoms with Gasteiger partial charge in [0.25, 0.3) is 0 Å². The highest BCUT2D eigenvalue weighted by molar-refractivity contribution is 7.09. The molecule has 44 heavy (non-hydrogen) atoms. The van der Waals surface area contributed by atoms with E-state index < -0.39 is 0 Å². The first-order valence-electron chi connectivity index (χ1n) is 13.6. The standard InChI is InChI=1S/2C16H12N4OS/c2*1-10-15(22-19-18-10)16-17-13-4-2-3-5-14(13)20(16)11-6-8-12(21)9-7-11/h2*2-9,21H,1H3. The van der Waals surface area contributed by atoms with Crippen LogP contribution in [0.15, 0.2) is 97.1 Å². The molecule has 0 spiro atoms. The number of hydrogen-bond acceptors (Lipinski definition) is 10. The van der Waals surface area contributed by atoms with Crippen LogP contribution in [0.3, 0.4) is 0 Å². The largest absolute Gasteiger partial charge is 0.508 e. The number of para-hydroxylation sites is 4. The molecule has 2 N–H and O–H groups in total. The summed E-state index contributed by atoms with van der Waals surface area (Å²) in [7, 11) is 0. The molecule has 4 heterocycles. The summed E-state index contributed by atoms with van der Waals surface area (Å²) < 4.78 is 12.2. The van der Waals surface area contributed by atoms with E-state index in [4.69, 9.17) is 9.97 Å². The lowest BCUT2D eigenvalue weighted by Gasteiger charge is -2.08. The van der Waals surface area contributed by atoms with Gasteiger partial charge in [-0.25, -0.2) is 9.97 Å². The Balaban J connectivity index is 0.000000142. The van der Waals surface area contributed by atoms with E-state index in [2.05, 4.69) is 28.3 Å². The zero-order valence-electron chi connectivity index (χ0n) is 23.5. The Morgan fingerprint density at radius 1 is 0.523 bits per heavy atom. The van der Waals surface area contributed by atoms with Gasteiger partial charge in [-0.2, -0.15) is 0 Å². The number of hydrogen-bond donors (Lipinski definition) is 2. The van der Waals surface area contributed by atoms with Crippen molar-refractivity contribution in [1.29, 1.82) is 0 Å². The van der Waals surface area contributed by atoms with Crippen molar-refractivity contribution in [3.05, 3.63) is 108 Å². The summed E-state index contributed by atoms with van der Waals surface area (Å²) in [5, 5.41) is 27.2. The lowest BCUT2D eigenvalue weighted by atomic mass is 10.2. The van der Waals surface area contributed by atoms with Crippen molar-refractivity contribution in [2.45, 2.75) is 13.8 Å². The molecule has 0 radical (unpaired) electrons. The molecule has 8 aromatic rings. The zero-order chi connectivity index (χ0) is 30.2. The van der Waals surface area contributed by atoms with Crippen LogP contribution in [-0.4, -0.2) is 48.5 Å². The van der Waals surface area contributed by atoms with Crippen molar-refractivity contribution in [1.82, 2.24) is 38.3 Å². The van der Waals surface area contributed by atoms with Crippen LogP contribution in [0.2, 0.25) is 0 Å². The predicted octanol–water partition coefficient (Wildman–Crippen LogP) is 7.12. The minimum absolute atomic E-state index is 0.241. The Morgan fingerprint density at radius 3 is 1.27 bits per heavy atom. The number of aromatic nitrogens is 8. The Morgan fingerprint density at radius 2 is 0.909 bits per heavy atom. The minimum atomic E-state index is 0.241. The van der Waals surface area contributed by atoms with Gasteiger partial charge in [-0.15, -0.1) is 10.2 Å². The Labute approximate surface area is 259 Å². The quantitative estimate of drug-likeness (QED) is 0.214. The van der Waals surface area contributed by atoms with Crippen molar-refractivity contribution in [2.75, 3.05) is 0 Å². The summed E-state index contributed by atoms with van der Waals surface area (Å²) in [4.78, 5) is 11.4. The van der Waals surface area contributed by atoms with E-state index in [0.717, 1.165) is 66.2 Å². The van der Waals surface area contributed by atoms with Gasteiger partial charge in [-0.1, -0.05) is 33.2 Å². The first-order valence-corrected chi connectivity index (χ1v) is 15.1. The van der Waals surface area contributed by atoms with Gasteiger partial charge in [0.15, 0.2) is 11.6 Å². The summed E-state index contributed by atoms with van der Waals surface area (Å²) in [6, 6.07) is 30.1. The van der Waals surface area contributed by atoms with Crippen LogP contribution in [0.4, 0.5) is 0 Å². The summed E-state index contributed by atoms with van der Waals surface area (Å²) >= 11 is 2.67. The summed E-state index contributed by atoms with van der Waals surface area (Å²) in [6.45, 7) is 3.86. The second kappa shape index (κ2) is 11.3. The topological polar surface area (TPSA) is 128 Å². The predicted molar refractivity (Wildman–Crippen MR) is 173 cm³/mol. The van der Waals surface area contributed by atoms with E-state index in [1.807, 2.05) is 86.6 Å². The monoisotopic (exact) mass is 616 g/mol. The van der Waals surface area contributed by atoms with E-state index in [9.17, 15) is 10.2 Å². The number of benzene rings is 4. The third kappa shape index (κ3) is 4.95. The number of fused-ring (bicyclic) bond motifs is 2. The van der Waals surface area contributed by atoms with Crippen LogP contribution in [0.25, 0.3) is 54.8 Å². The lowest BCUT2D eigenvalue weighted by molar-refractivity contribution is 0.474. The molecule has 0 aliphatic rings. The Hall–Kier alpha value is -5.46. The molecule has 0 saturated heterocycles. The van der Waals surface area contributed by atoms with Gasteiger partial charge < -0.3 is 10.2 Å². The van der Waals surface area contributed by atoms with Crippen molar-refractivity contribution < 1.29 is 10.2 Å².